The lowest BCUT2D eigenvalue weighted by Gasteiger charge is -2.35. The average molecular weight is 896 g/mol. The minimum Gasteiger partial charge on any atom is -0.310 e. The highest BCUT2D eigenvalue weighted by Gasteiger charge is 2.52. The molecule has 3 aliphatic rings. The molecular weight excluding hydrogens is 845 g/mol. The normalized spacial score (nSPS) is 16.0. The minimum absolute atomic E-state index is 0.0733. The minimum atomic E-state index is -0.810. The molecule has 14 rings (SSSR count). The van der Waals surface area contributed by atoms with Crippen LogP contribution in [0.15, 0.2) is 279 Å². The lowest BCUT2D eigenvalue weighted by atomic mass is 9.68. The van der Waals surface area contributed by atoms with Crippen molar-refractivity contribution in [1.82, 2.24) is 0 Å². The van der Waals surface area contributed by atoms with E-state index in [1.54, 1.807) is 0 Å². The Balaban J connectivity index is 1.07. The molecule has 1 unspecified atom stereocenters. The van der Waals surface area contributed by atoms with Crippen LogP contribution in [0.3, 0.4) is 0 Å². The monoisotopic (exact) mass is 895 g/mol. The maximum atomic E-state index is 9.75. The summed E-state index contributed by atoms with van der Waals surface area (Å²) >= 11 is 0. The van der Waals surface area contributed by atoms with Gasteiger partial charge in [0, 0.05) is 34.0 Å². The van der Waals surface area contributed by atoms with Crippen molar-refractivity contribution < 1.29 is 6.85 Å². The first-order valence-corrected chi connectivity index (χ1v) is 23.9. The van der Waals surface area contributed by atoms with Gasteiger partial charge in [0.05, 0.1) is 23.4 Å². The molecule has 0 saturated carbocycles. The molecule has 0 bridgehead atoms. The van der Waals surface area contributed by atoms with Gasteiger partial charge in [-0.3, -0.25) is 0 Å². The maximum absolute atomic E-state index is 9.75. The van der Waals surface area contributed by atoms with Crippen LogP contribution in [-0.2, 0) is 10.8 Å². The zero-order chi connectivity index (χ0) is 50.6. The lowest BCUT2D eigenvalue weighted by molar-refractivity contribution is 0.768. The van der Waals surface area contributed by atoms with Crippen molar-refractivity contribution in [1.29, 1.82) is 0 Å². The molecule has 70 heavy (non-hydrogen) atoms. The van der Waals surface area contributed by atoms with Crippen molar-refractivity contribution in [3.63, 3.8) is 0 Å². The first kappa shape index (κ1) is 35.2. The fourth-order valence-electron chi connectivity index (χ4n) is 12.4. The summed E-state index contributed by atoms with van der Waals surface area (Å²) in [7, 11) is 0. The van der Waals surface area contributed by atoms with Gasteiger partial charge < -0.3 is 9.80 Å². The standard InChI is InChI=1S/C68H46N2/c1-6-23-47(24-7-1)67(48-25-8-2-9-26-48)61-38-21-18-35-58(61)66-62(67)39-22-40-65(66)70(51-31-14-5-15-32-51)53-42-44-57-55-34-17-20-37-60(55)68(64(57)46-53)59-36-19-16-33-54(59)56-43-41-52(45-63(56)68)69(49-27-10-3-11-28-49)50-29-12-4-13-30-50/h1-46H/i5D,14D,15D,31D,32D. The van der Waals surface area contributed by atoms with Crippen LogP contribution < -0.4 is 9.80 Å². The second kappa shape index (κ2) is 15.8. The van der Waals surface area contributed by atoms with Crippen LogP contribution in [0, 0.1) is 0 Å². The number of anilines is 6. The van der Waals surface area contributed by atoms with E-state index in [0.29, 0.717) is 11.4 Å². The third-order valence-electron chi connectivity index (χ3n) is 15.0. The number of hydrogen-bond donors (Lipinski definition) is 0. The maximum Gasteiger partial charge on any atom is 0.0727 e. The van der Waals surface area contributed by atoms with Crippen LogP contribution in [0.5, 0.6) is 0 Å². The Morgan fingerprint density at radius 1 is 0.271 bits per heavy atom. The Morgan fingerprint density at radius 3 is 1.21 bits per heavy atom. The van der Waals surface area contributed by atoms with E-state index >= 15 is 0 Å². The quantitative estimate of drug-likeness (QED) is 0.150. The SMILES string of the molecule is [2H]c1c([2H])c([2H])c(N(c2ccc3c(c2)C2(c4ccccc4-c4ccc(N(c5ccccc5)c5ccccc5)cc42)c2ccccc2-3)c2cccc3c2-c2ccccc2C3(c2ccccc2)c2ccccc2)c([2H])c1[2H]. The van der Waals surface area contributed by atoms with Crippen LogP contribution in [-0.4, -0.2) is 0 Å². The van der Waals surface area contributed by atoms with Gasteiger partial charge in [-0.15, -0.1) is 0 Å². The number of para-hydroxylation sites is 3. The average Bonchev–Trinajstić information content (AvgIpc) is 4.28. The zero-order valence-electron chi connectivity index (χ0n) is 43.1. The molecule has 0 fully saturated rings. The number of nitrogens with zero attached hydrogens (tertiary/aromatic N) is 2. The van der Waals surface area contributed by atoms with Crippen LogP contribution in [0.4, 0.5) is 34.1 Å². The molecule has 2 nitrogen and oxygen atoms in total. The van der Waals surface area contributed by atoms with Gasteiger partial charge in [0.25, 0.3) is 0 Å². The molecule has 0 amide bonds. The first-order chi connectivity index (χ1) is 36.8. The van der Waals surface area contributed by atoms with Crippen molar-refractivity contribution in [2.45, 2.75) is 10.8 Å². The van der Waals surface area contributed by atoms with E-state index in [9.17, 15) is 5.48 Å². The van der Waals surface area contributed by atoms with E-state index in [0.717, 1.165) is 95.0 Å². The fraction of sp³-hybridized carbons (Fsp3) is 0.0294. The highest BCUT2D eigenvalue weighted by molar-refractivity contribution is 6.00. The summed E-state index contributed by atoms with van der Waals surface area (Å²) in [5.74, 6) is 0. The second-order valence-corrected chi connectivity index (χ2v) is 18.3. The number of hydrogen-bond acceptors (Lipinski definition) is 2. The highest BCUT2D eigenvalue weighted by atomic mass is 15.2. The van der Waals surface area contributed by atoms with Gasteiger partial charge >= 0.3 is 0 Å². The van der Waals surface area contributed by atoms with E-state index in [2.05, 4.69) is 223 Å². The summed E-state index contributed by atoms with van der Waals surface area (Å²) in [6.45, 7) is 0. The van der Waals surface area contributed by atoms with Gasteiger partial charge in [0.1, 0.15) is 0 Å². The van der Waals surface area contributed by atoms with E-state index in [1.807, 2.05) is 35.2 Å². The predicted octanol–water partition coefficient (Wildman–Crippen LogP) is 17.3. The molecule has 0 aliphatic heterocycles. The van der Waals surface area contributed by atoms with Crippen molar-refractivity contribution in [3.8, 4) is 33.4 Å². The molecule has 0 saturated heterocycles. The highest BCUT2D eigenvalue weighted by Crippen LogP contribution is 2.65. The summed E-state index contributed by atoms with van der Waals surface area (Å²) in [6.07, 6.45) is 0. The second-order valence-electron chi connectivity index (χ2n) is 18.3. The van der Waals surface area contributed by atoms with Crippen LogP contribution in [0.25, 0.3) is 33.4 Å². The molecule has 11 aromatic carbocycles. The Morgan fingerprint density at radius 2 is 0.686 bits per heavy atom. The largest absolute Gasteiger partial charge is 0.310 e. The Hall–Kier alpha value is -8.98. The zero-order valence-corrected chi connectivity index (χ0v) is 38.1. The Bertz CT molecular complexity index is 3970. The third kappa shape index (κ3) is 5.62. The van der Waals surface area contributed by atoms with Gasteiger partial charge in [-0.05, 0) is 139 Å². The molecule has 2 heteroatoms. The Kier molecular flexibility index (Phi) is 7.95. The van der Waals surface area contributed by atoms with Gasteiger partial charge in [-0.2, -0.15) is 0 Å². The molecule has 11 aromatic rings. The van der Waals surface area contributed by atoms with Gasteiger partial charge in [0.2, 0.25) is 0 Å². The van der Waals surface area contributed by atoms with Gasteiger partial charge in [0.15, 0.2) is 0 Å². The molecule has 1 atom stereocenters. The van der Waals surface area contributed by atoms with Crippen molar-refractivity contribution in [2.75, 3.05) is 9.80 Å². The topological polar surface area (TPSA) is 6.48 Å². The molecule has 0 radical (unpaired) electrons. The summed E-state index contributed by atoms with van der Waals surface area (Å²) in [6, 6.07) is 86.1. The molecule has 0 heterocycles. The molecule has 1 spiro atoms. The van der Waals surface area contributed by atoms with Crippen LogP contribution in [0.1, 0.15) is 51.4 Å². The molecular formula is C68H46N2. The first-order valence-electron chi connectivity index (χ1n) is 26.4. The van der Waals surface area contributed by atoms with Crippen molar-refractivity contribution in [2.24, 2.45) is 0 Å². The number of rotatable bonds is 8. The molecule has 0 N–H and O–H groups in total. The molecule has 3 aliphatic carbocycles. The van der Waals surface area contributed by atoms with Gasteiger partial charge in [-0.1, -0.05) is 212 Å². The predicted molar refractivity (Wildman–Crippen MR) is 289 cm³/mol. The van der Waals surface area contributed by atoms with Crippen LogP contribution >= 0.6 is 0 Å². The Labute approximate surface area is 416 Å². The third-order valence-corrected chi connectivity index (χ3v) is 15.0. The van der Waals surface area contributed by atoms with E-state index in [1.165, 1.54) is 0 Å². The van der Waals surface area contributed by atoms with E-state index in [4.69, 9.17) is 1.37 Å². The number of fused-ring (bicyclic) bond motifs is 13. The van der Waals surface area contributed by atoms with Crippen molar-refractivity contribution >= 4 is 34.1 Å². The number of benzene rings is 11. The molecule has 0 aromatic heterocycles. The van der Waals surface area contributed by atoms with Crippen molar-refractivity contribution in [3.05, 3.63) is 323 Å². The summed E-state index contributed by atoms with van der Waals surface area (Å²) < 4.78 is 46.6. The van der Waals surface area contributed by atoms with Crippen LogP contribution in [0.2, 0.25) is 0 Å². The van der Waals surface area contributed by atoms with E-state index in [-0.39, 0.29) is 17.8 Å². The van der Waals surface area contributed by atoms with E-state index < -0.39 is 29.0 Å². The summed E-state index contributed by atoms with van der Waals surface area (Å²) in [5.41, 5.74) is 18.2. The summed E-state index contributed by atoms with van der Waals surface area (Å²) in [4.78, 5) is 4.26. The lowest BCUT2D eigenvalue weighted by Crippen LogP contribution is -2.28. The fourth-order valence-corrected chi connectivity index (χ4v) is 12.4. The molecule has 328 valence electrons. The summed E-state index contributed by atoms with van der Waals surface area (Å²) in [5, 5.41) is 0. The smallest absolute Gasteiger partial charge is 0.0727 e. The van der Waals surface area contributed by atoms with Gasteiger partial charge in [-0.25, -0.2) is 0 Å².